The summed E-state index contributed by atoms with van der Waals surface area (Å²) in [6.45, 7) is 0.627. The Balaban J connectivity index is 2.39. The SMILES string of the molecule is COC(O)(C(F)(F)F)C(F)(F)C(C)(O)C1CC2C=CC1C2. The van der Waals surface area contributed by atoms with Crippen LogP contribution in [0.5, 0.6) is 0 Å². The first-order chi connectivity index (χ1) is 9.38. The van der Waals surface area contributed by atoms with Gasteiger partial charge in [-0.1, -0.05) is 12.2 Å². The molecule has 3 nitrogen and oxygen atoms in total. The van der Waals surface area contributed by atoms with E-state index in [0.29, 0.717) is 20.5 Å². The van der Waals surface area contributed by atoms with Crippen molar-refractivity contribution < 1.29 is 36.9 Å². The van der Waals surface area contributed by atoms with Gasteiger partial charge in [0, 0.05) is 13.0 Å². The number of alkyl halides is 5. The minimum atomic E-state index is -5.75. The lowest BCUT2D eigenvalue weighted by Crippen LogP contribution is -2.70. The second kappa shape index (κ2) is 4.63. The van der Waals surface area contributed by atoms with Crippen LogP contribution in [0.4, 0.5) is 22.0 Å². The third kappa shape index (κ3) is 2.10. The summed E-state index contributed by atoms with van der Waals surface area (Å²) in [4.78, 5) is 0. The van der Waals surface area contributed by atoms with Crippen molar-refractivity contribution in [2.75, 3.05) is 7.11 Å². The molecule has 0 aromatic heterocycles. The molecule has 0 spiro atoms. The zero-order valence-electron chi connectivity index (χ0n) is 11.5. The molecule has 0 aromatic carbocycles. The standard InChI is InChI=1S/C13H17F5O3/c1-10(19,9-6-7-3-4-8(9)5-7)11(14,15)12(20,21-2)13(16,17)18/h3-4,7-9,19-20H,5-6H2,1-2H3. The maximum Gasteiger partial charge on any atom is 0.449 e. The van der Waals surface area contributed by atoms with Gasteiger partial charge in [0.2, 0.25) is 0 Å². The second-order valence-corrected chi connectivity index (χ2v) is 5.95. The van der Waals surface area contributed by atoms with Gasteiger partial charge in [0.15, 0.2) is 0 Å². The zero-order chi connectivity index (χ0) is 16.3. The quantitative estimate of drug-likeness (QED) is 0.476. The predicted octanol–water partition coefficient (Wildman–Crippen LogP) is 2.48. The van der Waals surface area contributed by atoms with Crippen LogP contribution in [-0.4, -0.2) is 40.8 Å². The van der Waals surface area contributed by atoms with Crippen LogP contribution >= 0.6 is 0 Å². The minimum absolute atomic E-state index is 0.0243. The summed E-state index contributed by atoms with van der Waals surface area (Å²) >= 11 is 0. The van der Waals surface area contributed by atoms with Gasteiger partial charge in [-0.15, -0.1) is 0 Å². The molecule has 122 valence electrons. The van der Waals surface area contributed by atoms with Crippen LogP contribution in [0.25, 0.3) is 0 Å². The first-order valence-electron chi connectivity index (χ1n) is 6.51. The van der Waals surface area contributed by atoms with Gasteiger partial charge in [-0.2, -0.15) is 22.0 Å². The Morgan fingerprint density at radius 2 is 1.62 bits per heavy atom. The molecule has 0 amide bonds. The van der Waals surface area contributed by atoms with Crippen LogP contribution in [0.15, 0.2) is 12.2 Å². The lowest BCUT2D eigenvalue weighted by atomic mass is 9.73. The maximum absolute atomic E-state index is 14.4. The van der Waals surface area contributed by atoms with Crippen LogP contribution in [-0.2, 0) is 4.74 Å². The van der Waals surface area contributed by atoms with E-state index in [1.54, 1.807) is 6.08 Å². The molecule has 2 rings (SSSR count). The number of methoxy groups -OCH3 is 1. The Labute approximate surface area is 118 Å². The van der Waals surface area contributed by atoms with E-state index in [9.17, 15) is 32.2 Å². The number of fused-ring (bicyclic) bond motifs is 2. The zero-order valence-corrected chi connectivity index (χ0v) is 11.5. The van der Waals surface area contributed by atoms with Crippen LogP contribution in [0.2, 0.25) is 0 Å². The monoisotopic (exact) mass is 316 g/mol. The molecular weight excluding hydrogens is 299 g/mol. The summed E-state index contributed by atoms with van der Waals surface area (Å²) in [5.74, 6) is -11.2. The number of hydrogen-bond donors (Lipinski definition) is 2. The lowest BCUT2D eigenvalue weighted by Gasteiger charge is -2.46. The van der Waals surface area contributed by atoms with Gasteiger partial charge >= 0.3 is 17.9 Å². The number of rotatable bonds is 4. The molecule has 2 bridgehead atoms. The Kier molecular flexibility index (Phi) is 3.67. The van der Waals surface area contributed by atoms with E-state index < -0.39 is 35.3 Å². The second-order valence-electron chi connectivity index (χ2n) is 5.95. The van der Waals surface area contributed by atoms with Crippen molar-refractivity contribution in [1.82, 2.24) is 0 Å². The molecule has 21 heavy (non-hydrogen) atoms. The summed E-state index contributed by atoms with van der Waals surface area (Å²) in [6.07, 6.45) is -1.64. The van der Waals surface area contributed by atoms with Gasteiger partial charge in [-0.25, -0.2) is 0 Å². The van der Waals surface area contributed by atoms with Crippen LogP contribution < -0.4 is 0 Å². The maximum atomic E-state index is 14.4. The van der Waals surface area contributed by atoms with E-state index >= 15 is 0 Å². The molecule has 0 heterocycles. The fourth-order valence-electron chi connectivity index (χ4n) is 3.42. The topological polar surface area (TPSA) is 49.7 Å². The molecule has 0 aliphatic heterocycles. The molecule has 1 fully saturated rings. The first-order valence-corrected chi connectivity index (χ1v) is 6.51. The average molecular weight is 316 g/mol. The Hall–Kier alpha value is -0.730. The van der Waals surface area contributed by atoms with Crippen LogP contribution in [0.1, 0.15) is 19.8 Å². The van der Waals surface area contributed by atoms with Gasteiger partial charge < -0.3 is 14.9 Å². The van der Waals surface area contributed by atoms with Crippen LogP contribution in [0.3, 0.4) is 0 Å². The fraction of sp³-hybridized carbons (Fsp3) is 0.846. The normalized spacial score (nSPS) is 34.8. The van der Waals surface area contributed by atoms with Gasteiger partial charge in [0.25, 0.3) is 0 Å². The Morgan fingerprint density at radius 3 is 1.95 bits per heavy atom. The molecular formula is C13H17F5O3. The van der Waals surface area contributed by atoms with E-state index in [0.717, 1.165) is 0 Å². The lowest BCUT2D eigenvalue weighted by molar-refractivity contribution is -0.450. The minimum Gasteiger partial charge on any atom is -0.383 e. The summed E-state index contributed by atoms with van der Waals surface area (Å²) in [6, 6.07) is 0. The van der Waals surface area contributed by atoms with E-state index in [1.165, 1.54) is 0 Å². The van der Waals surface area contributed by atoms with E-state index in [1.807, 2.05) is 6.08 Å². The van der Waals surface area contributed by atoms with Crippen molar-refractivity contribution in [2.45, 2.75) is 43.3 Å². The molecule has 2 N–H and O–H groups in total. The smallest absolute Gasteiger partial charge is 0.383 e. The summed E-state index contributed by atoms with van der Waals surface area (Å²) in [5, 5.41) is 19.5. The summed E-state index contributed by atoms with van der Waals surface area (Å²) < 4.78 is 70.9. The largest absolute Gasteiger partial charge is 0.449 e. The van der Waals surface area contributed by atoms with Crippen molar-refractivity contribution in [3.05, 3.63) is 12.2 Å². The van der Waals surface area contributed by atoms with Gasteiger partial charge in [-0.3, -0.25) is 0 Å². The molecule has 5 unspecified atom stereocenters. The fourth-order valence-corrected chi connectivity index (χ4v) is 3.42. The summed E-state index contributed by atoms with van der Waals surface area (Å²) in [7, 11) is 0.332. The molecule has 0 saturated heterocycles. The number of aliphatic hydroxyl groups is 2. The third-order valence-electron chi connectivity index (χ3n) is 4.74. The number of halogens is 5. The van der Waals surface area contributed by atoms with Gasteiger partial charge in [0.05, 0.1) is 0 Å². The third-order valence-corrected chi connectivity index (χ3v) is 4.74. The Morgan fingerprint density at radius 1 is 1.05 bits per heavy atom. The van der Waals surface area contributed by atoms with E-state index in [2.05, 4.69) is 4.74 Å². The number of allylic oxidation sites excluding steroid dienone is 2. The van der Waals surface area contributed by atoms with Crippen molar-refractivity contribution in [3.63, 3.8) is 0 Å². The van der Waals surface area contributed by atoms with Gasteiger partial charge in [-0.05, 0) is 31.6 Å². The first kappa shape index (κ1) is 16.6. The highest BCUT2D eigenvalue weighted by Crippen LogP contribution is 2.56. The molecule has 8 heteroatoms. The molecule has 2 aliphatic carbocycles. The number of hydrogen-bond acceptors (Lipinski definition) is 3. The van der Waals surface area contributed by atoms with Crippen molar-refractivity contribution in [2.24, 2.45) is 17.8 Å². The molecule has 0 radical (unpaired) electrons. The van der Waals surface area contributed by atoms with Crippen molar-refractivity contribution in [3.8, 4) is 0 Å². The highest BCUT2D eigenvalue weighted by atomic mass is 19.4. The number of ether oxygens (including phenoxy) is 1. The Bertz CT molecular complexity index is 446. The van der Waals surface area contributed by atoms with Crippen molar-refractivity contribution in [1.29, 1.82) is 0 Å². The highest BCUT2D eigenvalue weighted by molar-refractivity contribution is 5.17. The van der Waals surface area contributed by atoms with Gasteiger partial charge in [0.1, 0.15) is 5.60 Å². The van der Waals surface area contributed by atoms with E-state index in [4.69, 9.17) is 0 Å². The summed E-state index contributed by atoms with van der Waals surface area (Å²) in [5.41, 5.74) is -3.06. The van der Waals surface area contributed by atoms with E-state index in [-0.39, 0.29) is 12.3 Å². The van der Waals surface area contributed by atoms with Crippen LogP contribution in [0, 0.1) is 17.8 Å². The predicted molar refractivity (Wildman–Crippen MR) is 62.4 cm³/mol. The molecule has 0 aromatic rings. The van der Waals surface area contributed by atoms with Crippen molar-refractivity contribution >= 4 is 0 Å². The molecule has 2 aliphatic rings. The molecule has 1 saturated carbocycles. The molecule has 5 atom stereocenters. The highest BCUT2D eigenvalue weighted by Gasteiger charge is 2.78. The average Bonchev–Trinajstić information content (AvgIpc) is 2.98.